The molecular formula is C12H16N4. The number of hydrogen-bond acceptors (Lipinski definition) is 4. The van der Waals surface area contributed by atoms with Crippen molar-refractivity contribution < 1.29 is 0 Å². The summed E-state index contributed by atoms with van der Waals surface area (Å²) in [5, 5.41) is 12.1. The highest BCUT2D eigenvalue weighted by Crippen LogP contribution is 2.21. The molecule has 0 aliphatic heterocycles. The predicted octanol–water partition coefficient (Wildman–Crippen LogP) is 1.64. The van der Waals surface area contributed by atoms with E-state index in [2.05, 4.69) is 10.3 Å². The molecule has 16 heavy (non-hydrogen) atoms. The van der Waals surface area contributed by atoms with Crippen LogP contribution < -0.4 is 11.1 Å². The van der Waals surface area contributed by atoms with E-state index in [1.807, 2.05) is 12.1 Å². The van der Waals surface area contributed by atoms with Crippen LogP contribution in [-0.2, 0) is 0 Å². The van der Waals surface area contributed by atoms with Crippen molar-refractivity contribution in [3.05, 3.63) is 24.0 Å². The monoisotopic (exact) mass is 216 g/mol. The molecule has 1 aromatic heterocycles. The second kappa shape index (κ2) is 4.95. The molecule has 0 bridgehead atoms. The van der Waals surface area contributed by atoms with Gasteiger partial charge in [0.15, 0.2) is 0 Å². The molecule has 3 N–H and O–H groups in total. The topological polar surface area (TPSA) is 74.7 Å². The van der Waals surface area contributed by atoms with Gasteiger partial charge < -0.3 is 11.1 Å². The van der Waals surface area contributed by atoms with Gasteiger partial charge in [-0.05, 0) is 25.0 Å². The Balaban J connectivity index is 2.05. The molecule has 0 amide bonds. The molecule has 0 spiro atoms. The Labute approximate surface area is 95.5 Å². The quantitative estimate of drug-likeness (QED) is 0.788. The van der Waals surface area contributed by atoms with Gasteiger partial charge in [-0.25, -0.2) is 4.98 Å². The number of nitrogens with one attached hydrogen (secondary N) is 1. The Morgan fingerprint density at radius 2 is 2.25 bits per heavy atom. The van der Waals surface area contributed by atoms with E-state index in [-0.39, 0.29) is 6.04 Å². The van der Waals surface area contributed by atoms with Crippen molar-refractivity contribution in [2.45, 2.75) is 37.8 Å². The first kappa shape index (κ1) is 10.9. The Morgan fingerprint density at radius 3 is 3.00 bits per heavy atom. The molecule has 1 aliphatic carbocycles. The third-order valence-electron chi connectivity index (χ3n) is 3.05. The fraction of sp³-hybridized carbons (Fsp3) is 0.500. The summed E-state index contributed by atoms with van der Waals surface area (Å²) in [6.45, 7) is 0. The number of aromatic nitrogens is 1. The molecule has 4 nitrogen and oxygen atoms in total. The summed E-state index contributed by atoms with van der Waals surface area (Å²) in [7, 11) is 0. The number of nitrogens with zero attached hydrogens (tertiary/aromatic N) is 2. The van der Waals surface area contributed by atoms with Gasteiger partial charge in [0, 0.05) is 24.0 Å². The van der Waals surface area contributed by atoms with Gasteiger partial charge >= 0.3 is 0 Å². The molecule has 1 aliphatic rings. The van der Waals surface area contributed by atoms with Crippen molar-refractivity contribution in [1.82, 2.24) is 4.98 Å². The average Bonchev–Trinajstić information content (AvgIpc) is 2.32. The van der Waals surface area contributed by atoms with Crippen LogP contribution in [0.5, 0.6) is 0 Å². The molecule has 1 aromatic rings. The van der Waals surface area contributed by atoms with E-state index in [0.29, 0.717) is 11.7 Å². The Kier molecular flexibility index (Phi) is 3.37. The maximum atomic E-state index is 8.75. The molecule has 2 unspecified atom stereocenters. The smallest absolute Gasteiger partial charge is 0.142 e. The summed E-state index contributed by atoms with van der Waals surface area (Å²) in [5.74, 6) is 0. The lowest BCUT2D eigenvalue weighted by molar-refractivity contribution is 0.404. The van der Waals surface area contributed by atoms with Crippen molar-refractivity contribution in [1.29, 1.82) is 5.26 Å². The van der Waals surface area contributed by atoms with Gasteiger partial charge in [0.05, 0.1) is 0 Å². The zero-order chi connectivity index (χ0) is 11.4. The van der Waals surface area contributed by atoms with E-state index in [0.717, 1.165) is 18.5 Å². The first-order valence-electron chi connectivity index (χ1n) is 5.68. The largest absolute Gasteiger partial charge is 0.381 e. The summed E-state index contributed by atoms with van der Waals surface area (Å²) in [6, 6.07) is 6.21. The number of pyridine rings is 1. The van der Waals surface area contributed by atoms with Crippen molar-refractivity contribution in [3.63, 3.8) is 0 Å². The molecule has 1 heterocycles. The van der Waals surface area contributed by atoms with Crippen LogP contribution in [-0.4, -0.2) is 17.1 Å². The minimum atomic E-state index is 0.215. The van der Waals surface area contributed by atoms with Crippen LogP contribution in [0.4, 0.5) is 5.69 Å². The minimum absolute atomic E-state index is 0.215. The highest BCUT2D eigenvalue weighted by atomic mass is 15.0. The summed E-state index contributed by atoms with van der Waals surface area (Å²) >= 11 is 0. The van der Waals surface area contributed by atoms with Gasteiger partial charge in [-0.2, -0.15) is 5.26 Å². The van der Waals surface area contributed by atoms with E-state index >= 15 is 0 Å². The maximum absolute atomic E-state index is 8.75. The van der Waals surface area contributed by atoms with Gasteiger partial charge in [-0.1, -0.05) is 12.8 Å². The van der Waals surface area contributed by atoms with Crippen LogP contribution >= 0.6 is 0 Å². The highest BCUT2D eigenvalue weighted by molar-refractivity contribution is 5.47. The van der Waals surface area contributed by atoms with E-state index in [1.165, 1.54) is 12.8 Å². The SMILES string of the molecule is N#Cc1cc(NC2CCCCC2N)ccn1. The van der Waals surface area contributed by atoms with Crippen LogP contribution in [0.2, 0.25) is 0 Å². The van der Waals surface area contributed by atoms with Crippen molar-refractivity contribution in [2.24, 2.45) is 5.73 Å². The minimum Gasteiger partial charge on any atom is -0.381 e. The van der Waals surface area contributed by atoms with Gasteiger partial charge in [0.25, 0.3) is 0 Å². The van der Waals surface area contributed by atoms with Crippen molar-refractivity contribution >= 4 is 5.69 Å². The summed E-state index contributed by atoms with van der Waals surface area (Å²) < 4.78 is 0. The fourth-order valence-electron chi connectivity index (χ4n) is 2.13. The van der Waals surface area contributed by atoms with Crippen molar-refractivity contribution in [3.8, 4) is 6.07 Å². The molecule has 84 valence electrons. The van der Waals surface area contributed by atoms with Gasteiger partial charge in [0.1, 0.15) is 11.8 Å². The van der Waals surface area contributed by atoms with E-state index < -0.39 is 0 Å². The van der Waals surface area contributed by atoms with Gasteiger partial charge in [-0.3, -0.25) is 0 Å². The number of nitrogens with two attached hydrogens (primary N) is 1. The molecular weight excluding hydrogens is 200 g/mol. The zero-order valence-corrected chi connectivity index (χ0v) is 9.19. The fourth-order valence-corrected chi connectivity index (χ4v) is 2.13. The lowest BCUT2D eigenvalue weighted by Crippen LogP contribution is -2.42. The van der Waals surface area contributed by atoms with Crippen LogP contribution in [0.25, 0.3) is 0 Å². The summed E-state index contributed by atoms with van der Waals surface area (Å²) in [4.78, 5) is 3.94. The third kappa shape index (κ3) is 2.50. The number of nitriles is 1. The lowest BCUT2D eigenvalue weighted by atomic mass is 9.91. The van der Waals surface area contributed by atoms with Crippen LogP contribution in [0.3, 0.4) is 0 Å². The van der Waals surface area contributed by atoms with Crippen molar-refractivity contribution in [2.75, 3.05) is 5.32 Å². The average molecular weight is 216 g/mol. The molecule has 1 fully saturated rings. The van der Waals surface area contributed by atoms with Gasteiger partial charge in [-0.15, -0.1) is 0 Å². The molecule has 1 saturated carbocycles. The van der Waals surface area contributed by atoms with E-state index in [4.69, 9.17) is 11.0 Å². The first-order chi connectivity index (χ1) is 7.79. The summed E-state index contributed by atoms with van der Waals surface area (Å²) in [5.41, 5.74) is 7.43. The second-order valence-electron chi connectivity index (χ2n) is 4.24. The Hall–Kier alpha value is -1.60. The molecule has 0 aromatic carbocycles. The normalized spacial score (nSPS) is 24.8. The highest BCUT2D eigenvalue weighted by Gasteiger charge is 2.21. The third-order valence-corrected chi connectivity index (χ3v) is 3.05. The molecule has 4 heteroatoms. The standard InChI is InChI=1S/C12H16N4/c13-8-10-7-9(5-6-15-10)16-12-4-2-1-3-11(12)14/h5-7,11-12H,1-4,14H2,(H,15,16). The van der Waals surface area contributed by atoms with Crippen LogP contribution in [0.1, 0.15) is 31.4 Å². The predicted molar refractivity (Wildman–Crippen MR) is 62.8 cm³/mol. The van der Waals surface area contributed by atoms with Gasteiger partial charge in [0.2, 0.25) is 0 Å². The van der Waals surface area contributed by atoms with Crippen LogP contribution in [0, 0.1) is 11.3 Å². The summed E-state index contributed by atoms with van der Waals surface area (Å²) in [6.07, 6.45) is 6.27. The maximum Gasteiger partial charge on any atom is 0.142 e. The van der Waals surface area contributed by atoms with E-state index in [1.54, 1.807) is 12.3 Å². The number of hydrogen-bond donors (Lipinski definition) is 2. The number of rotatable bonds is 2. The lowest BCUT2D eigenvalue weighted by Gasteiger charge is -2.30. The first-order valence-corrected chi connectivity index (χ1v) is 5.68. The van der Waals surface area contributed by atoms with E-state index in [9.17, 15) is 0 Å². The zero-order valence-electron chi connectivity index (χ0n) is 9.19. The molecule has 2 atom stereocenters. The Bertz CT molecular complexity index is 396. The van der Waals surface area contributed by atoms with Crippen LogP contribution in [0.15, 0.2) is 18.3 Å². The second-order valence-corrected chi connectivity index (χ2v) is 4.24. The number of anilines is 1. The molecule has 0 saturated heterocycles. The Morgan fingerprint density at radius 1 is 1.44 bits per heavy atom. The molecule has 2 rings (SSSR count). The molecule has 0 radical (unpaired) electrons.